The van der Waals surface area contributed by atoms with Gasteiger partial charge in [0, 0.05) is 0 Å². The fourth-order valence-electron chi connectivity index (χ4n) is 1.41. The smallest absolute Gasteiger partial charge is 0.323 e. The Labute approximate surface area is 85.0 Å². The van der Waals surface area contributed by atoms with E-state index in [0.717, 1.165) is 19.4 Å². The molecule has 1 aliphatic heterocycles. The Bertz CT molecular complexity index is 176. The molecule has 0 aromatic heterocycles. The minimum atomic E-state index is -0.144. The van der Waals surface area contributed by atoms with Crippen molar-refractivity contribution in [3.8, 4) is 0 Å². The summed E-state index contributed by atoms with van der Waals surface area (Å²) in [6, 6.07) is -0.0888. The number of esters is 1. The molecule has 1 aliphatic rings. The summed E-state index contributed by atoms with van der Waals surface area (Å²) in [5.41, 5.74) is 0. The summed E-state index contributed by atoms with van der Waals surface area (Å²) in [7, 11) is 0. The Balaban J connectivity index is 2.03. The predicted molar refractivity (Wildman–Crippen MR) is 53.1 cm³/mol. The van der Waals surface area contributed by atoms with Crippen LogP contribution in [0.1, 0.15) is 26.7 Å². The van der Waals surface area contributed by atoms with Gasteiger partial charge in [0.15, 0.2) is 0 Å². The molecule has 0 unspecified atom stereocenters. The van der Waals surface area contributed by atoms with E-state index in [0.29, 0.717) is 13.2 Å². The molecule has 0 bridgehead atoms. The zero-order valence-electron chi connectivity index (χ0n) is 8.91. The van der Waals surface area contributed by atoms with Crippen molar-refractivity contribution in [2.75, 3.05) is 19.8 Å². The monoisotopic (exact) mass is 201 g/mol. The summed E-state index contributed by atoms with van der Waals surface area (Å²) < 4.78 is 10.3. The van der Waals surface area contributed by atoms with Crippen LogP contribution in [0.4, 0.5) is 0 Å². The van der Waals surface area contributed by atoms with Crippen LogP contribution in [-0.2, 0) is 14.3 Å². The first-order valence-corrected chi connectivity index (χ1v) is 5.22. The van der Waals surface area contributed by atoms with Crippen LogP contribution in [0.2, 0.25) is 0 Å². The van der Waals surface area contributed by atoms with Crippen LogP contribution in [0, 0.1) is 0 Å². The number of carbonyl (C=O) groups excluding carboxylic acids is 1. The molecular weight excluding hydrogens is 182 g/mol. The number of carbonyl (C=O) groups is 1. The minimum Gasteiger partial charge on any atom is -0.462 e. The molecule has 4 heteroatoms. The molecule has 0 radical (unpaired) electrons. The predicted octanol–water partition coefficient (Wildman–Crippen LogP) is 0.707. The highest BCUT2D eigenvalue weighted by Gasteiger charge is 2.22. The van der Waals surface area contributed by atoms with Gasteiger partial charge in [-0.25, -0.2) is 0 Å². The van der Waals surface area contributed by atoms with Gasteiger partial charge < -0.3 is 14.8 Å². The third kappa shape index (κ3) is 4.07. The van der Waals surface area contributed by atoms with Crippen molar-refractivity contribution in [3.05, 3.63) is 0 Å². The molecule has 82 valence electrons. The van der Waals surface area contributed by atoms with Crippen LogP contribution in [0.3, 0.4) is 0 Å². The fourth-order valence-corrected chi connectivity index (χ4v) is 1.41. The molecule has 1 atom stereocenters. The molecule has 0 aromatic rings. The SMILES string of the molecule is CC(C)OCCOC(=O)[C@@H]1CCCN1. The number of rotatable bonds is 5. The third-order valence-electron chi connectivity index (χ3n) is 2.12. The Kier molecular flexibility index (Phi) is 4.90. The van der Waals surface area contributed by atoms with Gasteiger partial charge >= 0.3 is 5.97 Å². The van der Waals surface area contributed by atoms with Crippen molar-refractivity contribution in [1.29, 1.82) is 0 Å². The first kappa shape index (κ1) is 11.5. The van der Waals surface area contributed by atoms with Gasteiger partial charge in [-0.15, -0.1) is 0 Å². The van der Waals surface area contributed by atoms with Crippen LogP contribution in [0.5, 0.6) is 0 Å². The molecule has 0 aliphatic carbocycles. The topological polar surface area (TPSA) is 47.6 Å². The van der Waals surface area contributed by atoms with E-state index in [-0.39, 0.29) is 18.1 Å². The Morgan fingerprint density at radius 3 is 2.86 bits per heavy atom. The van der Waals surface area contributed by atoms with E-state index >= 15 is 0 Å². The maximum atomic E-state index is 11.3. The molecule has 1 heterocycles. The number of ether oxygens (including phenoxy) is 2. The van der Waals surface area contributed by atoms with Crippen molar-refractivity contribution >= 4 is 5.97 Å². The zero-order valence-corrected chi connectivity index (χ0v) is 8.91. The highest BCUT2D eigenvalue weighted by atomic mass is 16.6. The summed E-state index contributed by atoms with van der Waals surface area (Å²) in [6.45, 7) is 5.67. The molecule has 0 saturated carbocycles. The van der Waals surface area contributed by atoms with Gasteiger partial charge in [0.25, 0.3) is 0 Å². The van der Waals surface area contributed by atoms with E-state index in [9.17, 15) is 4.79 Å². The minimum absolute atomic E-state index is 0.0888. The molecule has 1 N–H and O–H groups in total. The molecule has 1 saturated heterocycles. The van der Waals surface area contributed by atoms with Crippen LogP contribution in [-0.4, -0.2) is 37.9 Å². The van der Waals surface area contributed by atoms with Gasteiger partial charge in [0.1, 0.15) is 12.6 Å². The Morgan fingerprint density at radius 1 is 1.50 bits per heavy atom. The largest absolute Gasteiger partial charge is 0.462 e. The normalized spacial score (nSPS) is 21.5. The maximum Gasteiger partial charge on any atom is 0.323 e. The average molecular weight is 201 g/mol. The van der Waals surface area contributed by atoms with Gasteiger partial charge in [-0.1, -0.05) is 0 Å². The quantitative estimate of drug-likeness (QED) is 0.525. The number of hydrogen-bond donors (Lipinski definition) is 1. The van der Waals surface area contributed by atoms with Crippen LogP contribution in [0.15, 0.2) is 0 Å². The lowest BCUT2D eigenvalue weighted by atomic mass is 10.2. The summed E-state index contributed by atoms with van der Waals surface area (Å²) in [5.74, 6) is -0.144. The summed E-state index contributed by atoms with van der Waals surface area (Å²) in [4.78, 5) is 11.3. The van der Waals surface area contributed by atoms with E-state index in [4.69, 9.17) is 9.47 Å². The molecular formula is C10H19NO3. The summed E-state index contributed by atoms with van der Waals surface area (Å²) in [6.07, 6.45) is 2.14. The lowest BCUT2D eigenvalue weighted by Gasteiger charge is -2.11. The third-order valence-corrected chi connectivity index (χ3v) is 2.12. The van der Waals surface area contributed by atoms with E-state index in [1.165, 1.54) is 0 Å². The fraction of sp³-hybridized carbons (Fsp3) is 0.900. The van der Waals surface area contributed by atoms with Crippen molar-refractivity contribution in [2.45, 2.75) is 38.8 Å². The Morgan fingerprint density at radius 2 is 2.29 bits per heavy atom. The maximum absolute atomic E-state index is 11.3. The van der Waals surface area contributed by atoms with E-state index in [1.807, 2.05) is 13.8 Å². The second-order valence-electron chi connectivity index (χ2n) is 3.74. The van der Waals surface area contributed by atoms with Crippen molar-refractivity contribution in [3.63, 3.8) is 0 Å². The van der Waals surface area contributed by atoms with Gasteiger partial charge in [-0.3, -0.25) is 4.79 Å². The summed E-state index contributed by atoms with van der Waals surface area (Å²) in [5, 5.41) is 3.09. The van der Waals surface area contributed by atoms with Crippen LogP contribution < -0.4 is 5.32 Å². The molecule has 0 spiro atoms. The number of nitrogens with one attached hydrogen (secondary N) is 1. The standard InChI is InChI=1S/C10H19NO3/c1-8(2)13-6-7-14-10(12)9-4-3-5-11-9/h8-9,11H,3-7H2,1-2H3/t9-/m0/s1. The van der Waals surface area contributed by atoms with Crippen molar-refractivity contribution in [2.24, 2.45) is 0 Å². The average Bonchev–Trinajstić information content (AvgIpc) is 2.64. The second kappa shape index (κ2) is 5.98. The molecule has 0 amide bonds. The first-order valence-electron chi connectivity index (χ1n) is 5.22. The van der Waals surface area contributed by atoms with Crippen molar-refractivity contribution < 1.29 is 14.3 Å². The molecule has 1 fully saturated rings. The van der Waals surface area contributed by atoms with Gasteiger partial charge in [-0.2, -0.15) is 0 Å². The molecule has 4 nitrogen and oxygen atoms in total. The molecule has 1 rings (SSSR count). The van der Waals surface area contributed by atoms with Crippen LogP contribution in [0.25, 0.3) is 0 Å². The lowest BCUT2D eigenvalue weighted by molar-refractivity contribution is -0.147. The first-order chi connectivity index (χ1) is 6.70. The zero-order chi connectivity index (χ0) is 10.4. The van der Waals surface area contributed by atoms with Gasteiger partial charge in [0.05, 0.1) is 12.7 Å². The molecule has 14 heavy (non-hydrogen) atoms. The highest BCUT2D eigenvalue weighted by molar-refractivity contribution is 5.76. The highest BCUT2D eigenvalue weighted by Crippen LogP contribution is 2.06. The van der Waals surface area contributed by atoms with Gasteiger partial charge in [-0.05, 0) is 33.2 Å². The van der Waals surface area contributed by atoms with Crippen LogP contribution >= 0.6 is 0 Å². The van der Waals surface area contributed by atoms with E-state index < -0.39 is 0 Å². The second-order valence-corrected chi connectivity index (χ2v) is 3.74. The van der Waals surface area contributed by atoms with Gasteiger partial charge in [0.2, 0.25) is 0 Å². The molecule has 0 aromatic carbocycles. The van der Waals surface area contributed by atoms with E-state index in [2.05, 4.69) is 5.32 Å². The number of hydrogen-bond acceptors (Lipinski definition) is 4. The Hall–Kier alpha value is -0.610. The van der Waals surface area contributed by atoms with E-state index in [1.54, 1.807) is 0 Å². The van der Waals surface area contributed by atoms with Crippen molar-refractivity contribution in [1.82, 2.24) is 5.32 Å². The lowest BCUT2D eigenvalue weighted by Crippen LogP contribution is -2.33. The summed E-state index contributed by atoms with van der Waals surface area (Å²) >= 11 is 0.